The molecule has 3 N–H and O–H groups in total. The van der Waals surface area contributed by atoms with E-state index in [4.69, 9.17) is 11.6 Å². The van der Waals surface area contributed by atoms with Crippen LogP contribution in [0.15, 0.2) is 18.3 Å². The van der Waals surface area contributed by atoms with Crippen LogP contribution in [0.3, 0.4) is 0 Å². The number of amides is 1. The molecule has 5 nitrogen and oxygen atoms in total. The van der Waals surface area contributed by atoms with Crippen molar-refractivity contribution < 1.29 is 15.0 Å². The monoisotopic (exact) mass is 440 g/mol. The number of nitrogens with one attached hydrogen (secondary N) is 1. The van der Waals surface area contributed by atoms with E-state index in [1.54, 1.807) is 0 Å². The number of piperidine rings is 1. The Morgan fingerprint density at radius 2 is 1.97 bits per heavy atom. The fourth-order valence-corrected chi connectivity index (χ4v) is 8.53. The highest BCUT2D eigenvalue weighted by Gasteiger charge is 2.82. The Morgan fingerprint density at radius 3 is 2.71 bits per heavy atom. The molecule has 2 aromatic rings. The largest absolute Gasteiger partial charge is 0.387 e. The molecule has 6 heteroatoms. The van der Waals surface area contributed by atoms with Gasteiger partial charge in [0.2, 0.25) is 5.91 Å². The number of nitrogens with zero attached hydrogens (tertiary/aromatic N) is 1. The summed E-state index contributed by atoms with van der Waals surface area (Å²) in [6.45, 7) is 2.13. The van der Waals surface area contributed by atoms with Crippen molar-refractivity contribution in [2.24, 2.45) is 5.41 Å². The lowest BCUT2D eigenvalue weighted by Crippen LogP contribution is -2.78. The first kappa shape index (κ1) is 19.0. The van der Waals surface area contributed by atoms with E-state index in [0.29, 0.717) is 31.6 Å². The fourth-order valence-electron chi connectivity index (χ4n) is 8.22. The highest BCUT2D eigenvalue weighted by molar-refractivity contribution is 6.32. The maximum atomic E-state index is 13.6. The van der Waals surface area contributed by atoms with Crippen LogP contribution >= 0.6 is 11.6 Å². The molecule has 2 heterocycles. The molecule has 6 aliphatic rings. The smallest absolute Gasteiger partial charge is 0.223 e. The van der Waals surface area contributed by atoms with Gasteiger partial charge in [-0.25, -0.2) is 0 Å². The summed E-state index contributed by atoms with van der Waals surface area (Å²) >= 11 is 6.59. The number of fused-ring (bicyclic) bond motifs is 2. The first-order valence-electron chi connectivity index (χ1n) is 11.8. The van der Waals surface area contributed by atoms with Crippen molar-refractivity contribution in [2.45, 2.75) is 93.4 Å². The van der Waals surface area contributed by atoms with Crippen LogP contribution in [-0.4, -0.2) is 49.3 Å². The number of hydrogen-bond acceptors (Lipinski definition) is 3. The lowest BCUT2D eigenvalue weighted by Gasteiger charge is -2.69. The lowest BCUT2D eigenvalue weighted by atomic mass is 9.42. The quantitative estimate of drug-likeness (QED) is 0.666. The van der Waals surface area contributed by atoms with Crippen LogP contribution in [0.2, 0.25) is 5.02 Å². The maximum absolute atomic E-state index is 13.6. The molecular formula is C25H29ClN2O3. The predicted molar refractivity (Wildman–Crippen MR) is 118 cm³/mol. The molecule has 1 aromatic heterocycles. The van der Waals surface area contributed by atoms with Gasteiger partial charge in [0.05, 0.1) is 5.60 Å². The van der Waals surface area contributed by atoms with Crippen LogP contribution in [0.5, 0.6) is 0 Å². The summed E-state index contributed by atoms with van der Waals surface area (Å²) in [5.41, 5.74) is 1.40. The first-order valence-corrected chi connectivity index (χ1v) is 12.2. The van der Waals surface area contributed by atoms with E-state index in [1.807, 2.05) is 17.0 Å². The van der Waals surface area contributed by atoms with Crippen molar-refractivity contribution in [2.75, 3.05) is 0 Å². The van der Waals surface area contributed by atoms with Crippen molar-refractivity contribution in [1.82, 2.24) is 9.88 Å². The number of aliphatic hydroxyl groups is 2. The molecule has 1 saturated heterocycles. The lowest BCUT2D eigenvalue weighted by molar-refractivity contribution is -0.326. The molecule has 6 atom stereocenters. The molecule has 1 aromatic carbocycles. The van der Waals surface area contributed by atoms with Crippen molar-refractivity contribution in [1.29, 1.82) is 0 Å². The van der Waals surface area contributed by atoms with Crippen molar-refractivity contribution in [3.05, 3.63) is 34.5 Å². The third-order valence-corrected chi connectivity index (χ3v) is 9.90. The van der Waals surface area contributed by atoms with E-state index in [1.165, 1.54) is 29.4 Å². The zero-order valence-electron chi connectivity index (χ0n) is 17.8. The Kier molecular flexibility index (Phi) is 3.47. The van der Waals surface area contributed by atoms with E-state index in [-0.39, 0.29) is 29.3 Å². The molecular weight excluding hydrogens is 412 g/mol. The summed E-state index contributed by atoms with van der Waals surface area (Å²) in [6, 6.07) is 4.16. The Morgan fingerprint density at radius 1 is 1.23 bits per heavy atom. The van der Waals surface area contributed by atoms with Gasteiger partial charge in [0.15, 0.2) is 0 Å². The Labute approximate surface area is 186 Å². The number of halogens is 1. The minimum absolute atomic E-state index is 0.0689. The molecule has 1 aliphatic heterocycles. The Balaban J connectivity index is 1.19. The SMILES string of the molecule is CC(CC(=O)N1C2CC3(O)CC4(C2)CC1CC34O)c1c[nH]c2ccc(Cl)c(C3CC3)c12. The predicted octanol–water partition coefficient (Wildman–Crippen LogP) is 4.21. The number of benzene rings is 1. The van der Waals surface area contributed by atoms with Gasteiger partial charge >= 0.3 is 0 Å². The second-order valence-corrected chi connectivity index (χ2v) is 11.7. The van der Waals surface area contributed by atoms with Crippen LogP contribution in [0.1, 0.15) is 81.3 Å². The zero-order valence-corrected chi connectivity index (χ0v) is 18.6. The number of hydrogen-bond donors (Lipinski definition) is 3. The van der Waals surface area contributed by atoms with Crippen molar-refractivity contribution in [3.8, 4) is 0 Å². The van der Waals surface area contributed by atoms with Crippen LogP contribution in [0, 0.1) is 5.41 Å². The number of H-pyrrole nitrogens is 1. The third kappa shape index (κ3) is 2.18. The summed E-state index contributed by atoms with van der Waals surface area (Å²) in [7, 11) is 0. The number of aromatic amines is 1. The van der Waals surface area contributed by atoms with Gasteiger partial charge in [-0.2, -0.15) is 0 Å². The average Bonchev–Trinajstić information content (AvgIpc) is 3.41. The molecule has 1 amide bonds. The fraction of sp³-hybridized carbons (Fsp3) is 0.640. The molecule has 164 valence electrons. The van der Waals surface area contributed by atoms with Gasteiger partial charge in [0, 0.05) is 46.0 Å². The average molecular weight is 441 g/mol. The van der Waals surface area contributed by atoms with Crippen molar-refractivity contribution in [3.63, 3.8) is 0 Å². The number of carbonyl (C=O) groups excluding carboxylic acids is 1. The first-order chi connectivity index (χ1) is 14.8. The Bertz CT molecular complexity index is 1140. The summed E-state index contributed by atoms with van der Waals surface area (Å²) in [6.07, 6.45) is 8.32. The molecule has 1 spiro atoms. The maximum Gasteiger partial charge on any atom is 0.223 e. The van der Waals surface area contributed by atoms with Gasteiger partial charge in [0.25, 0.3) is 0 Å². The van der Waals surface area contributed by atoms with E-state index in [0.717, 1.165) is 23.4 Å². The minimum atomic E-state index is -0.988. The number of aromatic nitrogens is 1. The normalized spacial score (nSPS) is 41.0. The summed E-state index contributed by atoms with van der Waals surface area (Å²) < 4.78 is 0. The molecule has 0 radical (unpaired) electrons. The Hall–Kier alpha value is -1.56. The molecule has 5 saturated carbocycles. The second kappa shape index (κ2) is 5.67. The van der Waals surface area contributed by atoms with E-state index >= 15 is 0 Å². The van der Waals surface area contributed by atoms with Crippen LogP contribution in [-0.2, 0) is 4.79 Å². The van der Waals surface area contributed by atoms with E-state index in [2.05, 4.69) is 18.1 Å². The molecule has 8 rings (SSSR count). The molecule has 6 unspecified atom stereocenters. The highest BCUT2D eigenvalue weighted by atomic mass is 35.5. The molecule has 5 aliphatic carbocycles. The summed E-state index contributed by atoms with van der Waals surface area (Å²) in [5, 5.41) is 24.3. The highest BCUT2D eigenvalue weighted by Crippen LogP contribution is 2.75. The van der Waals surface area contributed by atoms with Gasteiger partial charge in [0.1, 0.15) is 5.60 Å². The van der Waals surface area contributed by atoms with E-state index in [9.17, 15) is 15.0 Å². The summed E-state index contributed by atoms with van der Waals surface area (Å²) in [5.74, 6) is 0.775. The van der Waals surface area contributed by atoms with Gasteiger partial charge in [-0.05, 0) is 80.0 Å². The molecule has 4 bridgehead atoms. The number of carbonyl (C=O) groups is 1. The van der Waals surface area contributed by atoms with E-state index < -0.39 is 11.2 Å². The van der Waals surface area contributed by atoms with Gasteiger partial charge in [-0.1, -0.05) is 18.5 Å². The zero-order chi connectivity index (χ0) is 21.3. The number of rotatable bonds is 4. The summed E-state index contributed by atoms with van der Waals surface area (Å²) in [4.78, 5) is 19.0. The van der Waals surface area contributed by atoms with Crippen LogP contribution < -0.4 is 0 Å². The second-order valence-electron chi connectivity index (χ2n) is 11.3. The number of likely N-dealkylation sites (tertiary alicyclic amines) is 1. The van der Waals surface area contributed by atoms with Crippen LogP contribution in [0.25, 0.3) is 10.9 Å². The van der Waals surface area contributed by atoms with Crippen molar-refractivity contribution >= 4 is 28.4 Å². The van der Waals surface area contributed by atoms with Gasteiger partial charge in [-0.15, -0.1) is 0 Å². The minimum Gasteiger partial charge on any atom is -0.387 e. The standard InChI is InChI=1S/C25H29ClN2O3/c1-13(17-11-27-19-5-4-18(26)21(22(17)19)14-2-3-14)6-20(29)28-15-7-23-8-16(28)10-25(23,31)24(30,9-15)12-23/h4-5,11,13-16,27,30-31H,2-3,6-10,12H2,1H3. The van der Waals surface area contributed by atoms with Gasteiger partial charge in [-0.3, -0.25) is 4.79 Å². The van der Waals surface area contributed by atoms with Gasteiger partial charge < -0.3 is 20.1 Å². The third-order valence-electron chi connectivity index (χ3n) is 9.57. The molecule has 6 fully saturated rings. The molecule has 31 heavy (non-hydrogen) atoms. The van der Waals surface area contributed by atoms with Crippen LogP contribution in [0.4, 0.5) is 0 Å². The topological polar surface area (TPSA) is 76.6 Å².